The van der Waals surface area contributed by atoms with E-state index in [-0.39, 0.29) is 23.8 Å². The number of ether oxygens (including phenoxy) is 1. The monoisotopic (exact) mass is 436 g/mol. The molecule has 5 nitrogen and oxygen atoms in total. The average molecular weight is 437 g/mol. The molecule has 0 aliphatic heterocycles. The molecule has 0 atom stereocenters. The summed E-state index contributed by atoms with van der Waals surface area (Å²) in [7, 11) is 0. The van der Waals surface area contributed by atoms with Gasteiger partial charge in [-0.3, -0.25) is 9.59 Å². The highest BCUT2D eigenvalue weighted by molar-refractivity contribution is 7.99. The minimum Gasteiger partial charge on any atom is -0.455 e. The quantitative estimate of drug-likeness (QED) is 0.385. The number of para-hydroxylation sites is 1. The molecule has 31 heavy (non-hydrogen) atoms. The van der Waals surface area contributed by atoms with E-state index in [0.29, 0.717) is 6.54 Å². The Morgan fingerprint density at radius 3 is 2.42 bits per heavy atom. The lowest BCUT2D eigenvalue weighted by Crippen LogP contribution is -2.46. The van der Waals surface area contributed by atoms with Gasteiger partial charge in [0.15, 0.2) is 6.61 Å². The van der Waals surface area contributed by atoms with Gasteiger partial charge in [0.1, 0.15) is 0 Å². The van der Waals surface area contributed by atoms with Gasteiger partial charge in [-0.1, -0.05) is 60.3 Å². The average Bonchev–Trinajstić information content (AvgIpc) is 2.74. The number of fused-ring (bicyclic) bond motifs is 1. The van der Waals surface area contributed by atoms with Crippen molar-refractivity contribution >= 4 is 34.5 Å². The van der Waals surface area contributed by atoms with E-state index in [1.54, 1.807) is 4.90 Å². The number of pyridine rings is 1. The Balaban J connectivity index is 1.56. The standard InChI is InChI=1S/C25H28N2O3S/c1-18-14-22(26-21-13-9-8-12-20(18)21)31-17-24(29)30-16-23(28)27(25(2,3)4)15-19-10-6-5-7-11-19/h5-14H,15-17H2,1-4H3. The van der Waals surface area contributed by atoms with Crippen LogP contribution in [-0.2, 0) is 20.9 Å². The summed E-state index contributed by atoms with van der Waals surface area (Å²) in [5.74, 6) is -0.541. The molecule has 1 aromatic heterocycles. The summed E-state index contributed by atoms with van der Waals surface area (Å²) in [6.07, 6.45) is 0. The van der Waals surface area contributed by atoms with E-state index in [1.807, 2.05) is 88.4 Å². The topological polar surface area (TPSA) is 59.5 Å². The van der Waals surface area contributed by atoms with Crippen LogP contribution >= 0.6 is 11.8 Å². The van der Waals surface area contributed by atoms with Crippen molar-refractivity contribution in [2.75, 3.05) is 12.4 Å². The first-order chi connectivity index (χ1) is 14.7. The molecule has 6 heteroatoms. The van der Waals surface area contributed by atoms with Crippen molar-refractivity contribution in [2.45, 2.75) is 44.8 Å². The van der Waals surface area contributed by atoms with Crippen LogP contribution in [0.3, 0.4) is 0 Å². The number of carbonyl (C=O) groups excluding carboxylic acids is 2. The van der Waals surface area contributed by atoms with Crippen molar-refractivity contribution < 1.29 is 14.3 Å². The molecule has 0 saturated heterocycles. The van der Waals surface area contributed by atoms with E-state index in [0.717, 1.165) is 27.1 Å². The first kappa shape index (κ1) is 22.8. The van der Waals surface area contributed by atoms with Gasteiger partial charge in [0.25, 0.3) is 5.91 Å². The van der Waals surface area contributed by atoms with Gasteiger partial charge in [-0.15, -0.1) is 0 Å². The van der Waals surface area contributed by atoms with E-state index in [2.05, 4.69) is 4.98 Å². The number of rotatable bonds is 7. The van der Waals surface area contributed by atoms with Crippen LogP contribution in [0.2, 0.25) is 0 Å². The Hall–Kier alpha value is -2.86. The highest BCUT2D eigenvalue weighted by Gasteiger charge is 2.27. The molecule has 2 aromatic carbocycles. The van der Waals surface area contributed by atoms with Gasteiger partial charge >= 0.3 is 5.97 Å². The fourth-order valence-electron chi connectivity index (χ4n) is 3.25. The van der Waals surface area contributed by atoms with Gasteiger partial charge in [0, 0.05) is 17.5 Å². The molecule has 0 fully saturated rings. The number of carbonyl (C=O) groups is 2. The molecule has 0 bridgehead atoms. The summed E-state index contributed by atoms with van der Waals surface area (Å²) in [4.78, 5) is 31.4. The lowest BCUT2D eigenvalue weighted by molar-refractivity contribution is -0.152. The van der Waals surface area contributed by atoms with E-state index < -0.39 is 5.97 Å². The van der Waals surface area contributed by atoms with Crippen molar-refractivity contribution in [3.05, 3.63) is 71.8 Å². The van der Waals surface area contributed by atoms with Crippen LogP contribution < -0.4 is 0 Å². The molecule has 1 amide bonds. The maximum absolute atomic E-state index is 12.8. The summed E-state index contributed by atoms with van der Waals surface area (Å²) in [6, 6.07) is 19.7. The molecule has 0 spiro atoms. The van der Waals surface area contributed by atoms with Crippen molar-refractivity contribution in [3.8, 4) is 0 Å². The highest BCUT2D eigenvalue weighted by atomic mass is 32.2. The largest absolute Gasteiger partial charge is 0.455 e. The Kier molecular flexibility index (Phi) is 7.33. The van der Waals surface area contributed by atoms with Gasteiger partial charge in [0.2, 0.25) is 0 Å². The predicted molar refractivity (Wildman–Crippen MR) is 125 cm³/mol. The zero-order valence-electron chi connectivity index (χ0n) is 18.4. The minimum atomic E-state index is -0.431. The van der Waals surface area contributed by atoms with Crippen LogP contribution in [0.1, 0.15) is 31.9 Å². The molecule has 0 radical (unpaired) electrons. The number of nitrogens with zero attached hydrogens (tertiary/aromatic N) is 2. The van der Waals surface area contributed by atoms with Gasteiger partial charge < -0.3 is 9.64 Å². The number of hydrogen-bond acceptors (Lipinski definition) is 5. The van der Waals surface area contributed by atoms with E-state index in [9.17, 15) is 9.59 Å². The van der Waals surface area contributed by atoms with Crippen LogP contribution in [0, 0.1) is 6.92 Å². The molecule has 1 heterocycles. The minimum absolute atomic E-state index is 0.103. The normalized spacial score (nSPS) is 11.4. The molecule has 0 N–H and O–H groups in total. The van der Waals surface area contributed by atoms with Gasteiger partial charge in [0.05, 0.1) is 16.3 Å². The molecular formula is C25H28N2O3S. The Morgan fingerprint density at radius 2 is 1.71 bits per heavy atom. The number of esters is 1. The van der Waals surface area contributed by atoms with E-state index in [4.69, 9.17) is 4.74 Å². The van der Waals surface area contributed by atoms with Gasteiger partial charge in [-0.05, 0) is 51.0 Å². The van der Waals surface area contributed by atoms with Crippen LogP contribution in [0.25, 0.3) is 10.9 Å². The van der Waals surface area contributed by atoms with Crippen molar-refractivity contribution in [1.29, 1.82) is 0 Å². The fourth-order valence-corrected chi connectivity index (χ4v) is 4.02. The van der Waals surface area contributed by atoms with Crippen molar-refractivity contribution in [2.24, 2.45) is 0 Å². The van der Waals surface area contributed by atoms with Crippen LogP contribution in [-0.4, -0.2) is 39.7 Å². The molecule has 0 aliphatic carbocycles. The first-order valence-electron chi connectivity index (χ1n) is 10.2. The zero-order chi connectivity index (χ0) is 22.4. The number of aromatic nitrogens is 1. The maximum Gasteiger partial charge on any atom is 0.316 e. The van der Waals surface area contributed by atoms with Crippen LogP contribution in [0.15, 0.2) is 65.7 Å². The van der Waals surface area contributed by atoms with Crippen LogP contribution in [0.5, 0.6) is 0 Å². The third kappa shape index (κ3) is 6.31. The summed E-state index contributed by atoms with van der Waals surface area (Å²) >= 11 is 1.32. The third-order valence-corrected chi connectivity index (χ3v) is 5.77. The maximum atomic E-state index is 12.8. The molecular weight excluding hydrogens is 408 g/mol. The first-order valence-corrected chi connectivity index (χ1v) is 11.2. The molecule has 0 saturated carbocycles. The Morgan fingerprint density at radius 1 is 1.03 bits per heavy atom. The molecule has 3 rings (SSSR count). The SMILES string of the molecule is Cc1cc(SCC(=O)OCC(=O)N(Cc2ccccc2)C(C)(C)C)nc2ccccc12. The van der Waals surface area contributed by atoms with Crippen LogP contribution in [0.4, 0.5) is 0 Å². The highest BCUT2D eigenvalue weighted by Crippen LogP contribution is 2.24. The smallest absolute Gasteiger partial charge is 0.316 e. The summed E-state index contributed by atoms with van der Waals surface area (Å²) in [5.41, 5.74) is 2.65. The molecule has 3 aromatic rings. The second-order valence-corrected chi connectivity index (χ2v) is 9.38. The van der Waals surface area contributed by atoms with E-state index in [1.165, 1.54) is 11.8 Å². The van der Waals surface area contributed by atoms with Gasteiger partial charge in [-0.25, -0.2) is 4.98 Å². The number of benzene rings is 2. The van der Waals surface area contributed by atoms with Crippen molar-refractivity contribution in [1.82, 2.24) is 9.88 Å². The summed E-state index contributed by atoms with van der Waals surface area (Å²) in [5, 5.41) is 1.86. The molecule has 0 aliphatic rings. The number of amides is 1. The summed E-state index contributed by atoms with van der Waals surface area (Å²) in [6.45, 7) is 8.14. The fraction of sp³-hybridized carbons (Fsp3) is 0.320. The summed E-state index contributed by atoms with van der Waals surface area (Å²) < 4.78 is 5.28. The lowest BCUT2D eigenvalue weighted by Gasteiger charge is -2.35. The third-order valence-electron chi connectivity index (χ3n) is 4.89. The lowest BCUT2D eigenvalue weighted by atomic mass is 10.0. The Labute approximate surface area is 187 Å². The molecule has 162 valence electrons. The second-order valence-electron chi connectivity index (χ2n) is 8.38. The number of hydrogen-bond donors (Lipinski definition) is 0. The zero-order valence-corrected chi connectivity index (χ0v) is 19.2. The van der Waals surface area contributed by atoms with E-state index >= 15 is 0 Å². The molecule has 0 unspecified atom stereocenters. The number of aryl methyl sites for hydroxylation is 1. The Bertz CT molecular complexity index is 1060. The number of thioether (sulfide) groups is 1. The van der Waals surface area contributed by atoms with Crippen molar-refractivity contribution in [3.63, 3.8) is 0 Å². The second kappa shape index (κ2) is 9.96. The van der Waals surface area contributed by atoms with Gasteiger partial charge in [-0.2, -0.15) is 0 Å². The predicted octanol–water partition coefficient (Wildman–Crippen LogP) is 5.01.